The quantitative estimate of drug-likeness (QED) is 0.461. The molecule has 0 atom stereocenters. The van der Waals surface area contributed by atoms with Gasteiger partial charge in [0.15, 0.2) is 8.46 Å². The van der Waals surface area contributed by atoms with E-state index in [9.17, 15) is 9.36 Å². The van der Waals surface area contributed by atoms with Crippen LogP contribution in [0.1, 0.15) is 6.42 Å². The molecule has 0 saturated heterocycles. The molecule has 0 aliphatic heterocycles. The second-order valence-corrected chi connectivity index (χ2v) is 2.14. The first-order valence-corrected chi connectivity index (χ1v) is 3.53. The summed E-state index contributed by atoms with van der Waals surface area (Å²) in [4.78, 5) is 9.77. The molecule has 0 radical (unpaired) electrons. The second-order valence-electron chi connectivity index (χ2n) is 1.44. The summed E-state index contributed by atoms with van der Waals surface area (Å²) in [6.07, 6.45) is 0.107. The molecule has 1 amide bonds. The van der Waals surface area contributed by atoms with Crippen molar-refractivity contribution in [3.8, 4) is 0 Å². The number of amides is 1. The van der Waals surface area contributed by atoms with Gasteiger partial charge in [-0.3, -0.25) is 4.57 Å². The zero-order valence-corrected chi connectivity index (χ0v) is 5.73. The van der Waals surface area contributed by atoms with Crippen molar-refractivity contribution < 1.29 is 14.5 Å². The highest BCUT2D eigenvalue weighted by molar-refractivity contribution is 7.23. The fraction of sp³-hybridized carbons (Fsp3) is 0.750. The molecule has 9 heavy (non-hydrogen) atoms. The lowest BCUT2D eigenvalue weighted by molar-refractivity contribution is 0.194. The third-order valence-electron chi connectivity index (χ3n) is 0.702. The van der Waals surface area contributed by atoms with Crippen molar-refractivity contribution in [2.75, 3.05) is 12.7 Å². The first-order chi connectivity index (χ1) is 4.27. The molecule has 0 aromatic heterocycles. The maximum Gasteiger partial charge on any atom is 0.404 e. The Labute approximate surface area is 54.5 Å². The van der Waals surface area contributed by atoms with Crippen LogP contribution in [-0.2, 0) is 4.57 Å². The normalized spacial score (nSPS) is 9.33. The second kappa shape index (κ2) is 5.51. The van der Waals surface area contributed by atoms with Crippen LogP contribution in [0.15, 0.2) is 0 Å². The van der Waals surface area contributed by atoms with Crippen molar-refractivity contribution in [2.24, 2.45) is 0 Å². The van der Waals surface area contributed by atoms with Gasteiger partial charge in [-0.05, 0) is 6.42 Å². The van der Waals surface area contributed by atoms with Crippen molar-refractivity contribution in [3.05, 3.63) is 0 Å². The number of hydrogen-bond donors (Lipinski definition) is 2. The smallest absolute Gasteiger partial charge is 0.404 e. The minimum absolute atomic E-state index is 0.0743. The number of carbonyl (C=O) groups is 1. The molecule has 0 aromatic carbocycles. The summed E-state index contributed by atoms with van der Waals surface area (Å²) in [6, 6.07) is 0. The average molecular weight is 149 g/mol. The molecular weight excluding hydrogens is 141 g/mol. The highest BCUT2D eigenvalue weighted by Crippen LogP contribution is 1.92. The van der Waals surface area contributed by atoms with E-state index in [2.05, 4.69) is 5.32 Å². The Morgan fingerprint density at radius 1 is 1.67 bits per heavy atom. The van der Waals surface area contributed by atoms with Crippen LogP contribution in [0.25, 0.3) is 0 Å². The minimum Gasteiger partial charge on any atom is -0.465 e. The highest BCUT2D eigenvalue weighted by atomic mass is 31.1. The summed E-state index contributed by atoms with van der Waals surface area (Å²) < 4.78 is 9.77. The fourth-order valence-electron chi connectivity index (χ4n) is 0.339. The van der Waals surface area contributed by atoms with E-state index >= 15 is 0 Å². The number of rotatable bonds is 4. The van der Waals surface area contributed by atoms with Gasteiger partial charge < -0.3 is 10.4 Å². The Balaban J connectivity index is 2.91. The largest absolute Gasteiger partial charge is 0.465 e. The van der Waals surface area contributed by atoms with Crippen LogP contribution in [0.3, 0.4) is 0 Å². The van der Waals surface area contributed by atoms with E-state index in [-0.39, 0.29) is 8.46 Å². The third-order valence-corrected chi connectivity index (χ3v) is 1.20. The molecule has 0 heterocycles. The van der Waals surface area contributed by atoms with Gasteiger partial charge in [-0.2, -0.15) is 0 Å². The van der Waals surface area contributed by atoms with Gasteiger partial charge in [-0.1, -0.05) is 0 Å². The van der Waals surface area contributed by atoms with Gasteiger partial charge in [0, 0.05) is 12.7 Å². The maximum atomic E-state index is 9.77. The number of hydrogen-bond acceptors (Lipinski definition) is 2. The summed E-state index contributed by atoms with van der Waals surface area (Å²) in [5.74, 6) is 0. The third kappa shape index (κ3) is 7.37. The topological polar surface area (TPSA) is 66.4 Å². The summed E-state index contributed by atoms with van der Waals surface area (Å²) in [5.41, 5.74) is 0. The Bertz CT molecular complexity index is 106. The van der Waals surface area contributed by atoms with Gasteiger partial charge >= 0.3 is 6.09 Å². The van der Waals surface area contributed by atoms with Crippen LogP contribution in [0.5, 0.6) is 0 Å². The van der Waals surface area contributed by atoms with Gasteiger partial charge in [-0.25, -0.2) is 4.79 Å². The van der Waals surface area contributed by atoms with E-state index in [0.29, 0.717) is 19.1 Å². The van der Waals surface area contributed by atoms with Crippen LogP contribution < -0.4 is 5.32 Å². The SMILES string of the molecule is O=PCCCNC(=O)O. The Morgan fingerprint density at radius 2 is 2.33 bits per heavy atom. The first kappa shape index (κ1) is 8.37. The average Bonchev–Trinajstić information content (AvgIpc) is 1.80. The van der Waals surface area contributed by atoms with Crippen LogP contribution in [0.2, 0.25) is 0 Å². The summed E-state index contributed by atoms with van der Waals surface area (Å²) in [5, 5.41) is 10.2. The van der Waals surface area contributed by atoms with E-state index in [1.807, 2.05) is 0 Å². The molecular formula is C4H8NO3P. The Morgan fingerprint density at radius 3 is 2.78 bits per heavy atom. The molecule has 4 nitrogen and oxygen atoms in total. The molecule has 0 aliphatic carbocycles. The molecule has 0 aliphatic rings. The lowest BCUT2D eigenvalue weighted by Crippen LogP contribution is -2.21. The van der Waals surface area contributed by atoms with Crippen LogP contribution in [-0.4, -0.2) is 23.9 Å². The van der Waals surface area contributed by atoms with Crippen molar-refractivity contribution in [3.63, 3.8) is 0 Å². The summed E-state index contributed by atoms with van der Waals surface area (Å²) >= 11 is 0. The van der Waals surface area contributed by atoms with Crippen LogP contribution in [0, 0.1) is 0 Å². The zero-order valence-electron chi connectivity index (χ0n) is 4.83. The van der Waals surface area contributed by atoms with Crippen LogP contribution in [0.4, 0.5) is 4.79 Å². The first-order valence-electron chi connectivity index (χ1n) is 2.53. The van der Waals surface area contributed by atoms with Crippen molar-refractivity contribution in [1.29, 1.82) is 0 Å². The summed E-state index contributed by atoms with van der Waals surface area (Å²) in [6.45, 7) is 0.380. The standard InChI is InChI=1S/C4H8NO3P/c6-4(7)5-2-1-3-9-8/h5H,1-3H2,(H,6,7). The lowest BCUT2D eigenvalue weighted by atomic mass is 10.5. The molecule has 0 bridgehead atoms. The molecule has 2 N–H and O–H groups in total. The molecule has 0 unspecified atom stereocenters. The molecule has 0 aromatic rings. The minimum atomic E-state index is -1.03. The molecule has 52 valence electrons. The highest BCUT2D eigenvalue weighted by Gasteiger charge is 1.91. The number of carboxylic acid groups (broad SMARTS) is 1. The predicted octanol–water partition coefficient (Wildman–Crippen LogP) is 0.936. The van der Waals surface area contributed by atoms with Gasteiger partial charge in [0.25, 0.3) is 0 Å². The van der Waals surface area contributed by atoms with Gasteiger partial charge in [0.05, 0.1) is 0 Å². The Hall–Kier alpha value is -0.630. The maximum absolute atomic E-state index is 9.77. The lowest BCUT2D eigenvalue weighted by Gasteiger charge is -1.94. The summed E-state index contributed by atoms with van der Waals surface area (Å²) in [7, 11) is 0.0743. The van der Waals surface area contributed by atoms with E-state index in [0.717, 1.165) is 0 Å². The van der Waals surface area contributed by atoms with Crippen molar-refractivity contribution in [2.45, 2.75) is 6.42 Å². The van der Waals surface area contributed by atoms with Gasteiger partial charge in [-0.15, -0.1) is 0 Å². The van der Waals surface area contributed by atoms with Gasteiger partial charge in [0.1, 0.15) is 0 Å². The monoisotopic (exact) mass is 149 g/mol. The van der Waals surface area contributed by atoms with Crippen LogP contribution >= 0.6 is 8.46 Å². The molecule has 0 saturated carbocycles. The van der Waals surface area contributed by atoms with Gasteiger partial charge in [0.2, 0.25) is 0 Å². The Kier molecular flexibility index (Phi) is 5.12. The van der Waals surface area contributed by atoms with Crippen molar-refractivity contribution in [1.82, 2.24) is 5.32 Å². The zero-order chi connectivity index (χ0) is 7.11. The van der Waals surface area contributed by atoms with E-state index < -0.39 is 6.09 Å². The number of nitrogens with one attached hydrogen (secondary N) is 1. The molecule has 0 spiro atoms. The van der Waals surface area contributed by atoms with E-state index in [1.54, 1.807) is 0 Å². The van der Waals surface area contributed by atoms with Crippen molar-refractivity contribution >= 4 is 14.6 Å². The molecule has 0 fully saturated rings. The predicted molar refractivity (Wildman–Crippen MR) is 33.1 cm³/mol. The fourth-order valence-corrected chi connectivity index (χ4v) is 0.626. The molecule has 0 rings (SSSR count). The van der Waals surface area contributed by atoms with E-state index in [4.69, 9.17) is 5.11 Å². The molecule has 5 heteroatoms. The van der Waals surface area contributed by atoms with E-state index in [1.165, 1.54) is 0 Å².